The minimum atomic E-state index is -1.42. The number of aliphatic hydroxyl groups is 1. The summed E-state index contributed by atoms with van der Waals surface area (Å²) in [5, 5.41) is 16.8. The third kappa shape index (κ3) is 5.43. The molecule has 0 aromatic carbocycles. The van der Waals surface area contributed by atoms with E-state index in [1.165, 1.54) is 0 Å². The Hall–Kier alpha value is -0.650. The second-order valence-corrected chi connectivity index (χ2v) is 8.65. The van der Waals surface area contributed by atoms with Gasteiger partial charge >= 0.3 is 5.97 Å². The van der Waals surface area contributed by atoms with Crippen molar-refractivity contribution in [3.8, 4) is 0 Å². The maximum absolute atomic E-state index is 11.9. The highest BCUT2D eigenvalue weighted by molar-refractivity contribution is 6.47. The molecule has 1 rings (SSSR count). The van der Waals surface area contributed by atoms with Crippen LogP contribution in [-0.4, -0.2) is 40.4 Å². The lowest BCUT2D eigenvalue weighted by molar-refractivity contribution is -0.146. The Kier molecular flexibility index (Phi) is 10.1. The molecule has 0 bridgehead atoms. The molecule has 144 valence electrons. The molecular formula is C17H34Cl2N2O3. The van der Waals surface area contributed by atoms with E-state index in [-0.39, 0.29) is 35.6 Å². The van der Waals surface area contributed by atoms with Gasteiger partial charge in [0.15, 0.2) is 0 Å². The zero-order chi connectivity index (χ0) is 18.1. The average Bonchev–Trinajstić information content (AvgIpc) is 2.71. The van der Waals surface area contributed by atoms with Crippen molar-refractivity contribution in [3.63, 3.8) is 0 Å². The minimum Gasteiger partial charge on any atom is -0.478 e. The minimum absolute atomic E-state index is 0. The van der Waals surface area contributed by atoms with E-state index in [0.717, 1.165) is 18.5 Å². The Labute approximate surface area is 158 Å². The zero-order valence-electron chi connectivity index (χ0n) is 16.5. The van der Waals surface area contributed by atoms with Crippen LogP contribution in [0.3, 0.4) is 0 Å². The Morgan fingerprint density at radius 2 is 1.04 bits per heavy atom. The van der Waals surface area contributed by atoms with Crippen LogP contribution in [0.1, 0.15) is 62.3 Å². The van der Waals surface area contributed by atoms with E-state index in [1.807, 2.05) is 62.3 Å². The molecule has 1 aliphatic heterocycles. The summed E-state index contributed by atoms with van der Waals surface area (Å²) in [4.78, 5) is 21.1. The van der Waals surface area contributed by atoms with Gasteiger partial charge in [0, 0.05) is 23.4 Å². The van der Waals surface area contributed by atoms with Crippen molar-refractivity contribution >= 4 is 42.2 Å². The molecule has 5 nitrogen and oxygen atoms in total. The summed E-state index contributed by atoms with van der Waals surface area (Å²) >= 11 is 0. The van der Waals surface area contributed by atoms with E-state index in [1.54, 1.807) is 0 Å². The molecule has 1 aliphatic rings. The summed E-state index contributed by atoms with van der Waals surface area (Å²) in [5.41, 5.74) is -0.839. The van der Waals surface area contributed by atoms with Gasteiger partial charge in [-0.3, -0.25) is 0 Å². The van der Waals surface area contributed by atoms with Gasteiger partial charge in [0.25, 0.3) is 5.66 Å². The lowest BCUT2D eigenvalue weighted by atomic mass is 9.78. The van der Waals surface area contributed by atoms with Crippen LogP contribution in [0.25, 0.3) is 0 Å². The molecule has 24 heavy (non-hydrogen) atoms. The summed E-state index contributed by atoms with van der Waals surface area (Å²) in [6, 6.07) is 0. The van der Waals surface area contributed by atoms with Crippen LogP contribution in [-0.2, 0) is 4.79 Å². The van der Waals surface area contributed by atoms with Crippen LogP contribution in [0.2, 0.25) is 0 Å². The standard InChI is InChI=1S/C16H28N2O2.CH4O.2ClH/c1-13(2,3)10-11(14(4,5)6)18-16(17-10,12(19)20)15(7,8)9;1-2;;/h1-9H3,(H,19,20);2H,1H3;2*1H. The summed E-state index contributed by atoms with van der Waals surface area (Å²) in [6.45, 7) is 17.9. The van der Waals surface area contributed by atoms with Crippen molar-refractivity contribution in [2.75, 3.05) is 7.11 Å². The van der Waals surface area contributed by atoms with E-state index in [0.29, 0.717) is 0 Å². The van der Waals surface area contributed by atoms with Gasteiger partial charge in [-0.05, 0) is 0 Å². The topological polar surface area (TPSA) is 82.2 Å². The second kappa shape index (κ2) is 8.63. The van der Waals surface area contributed by atoms with E-state index < -0.39 is 17.0 Å². The average molecular weight is 385 g/mol. The Bertz CT molecular complexity index is 463. The first-order chi connectivity index (χ1) is 9.63. The van der Waals surface area contributed by atoms with Gasteiger partial charge < -0.3 is 10.2 Å². The molecule has 0 spiro atoms. The largest absolute Gasteiger partial charge is 0.478 e. The van der Waals surface area contributed by atoms with Crippen LogP contribution < -0.4 is 0 Å². The van der Waals surface area contributed by atoms with E-state index >= 15 is 0 Å². The second-order valence-electron chi connectivity index (χ2n) is 8.65. The molecular weight excluding hydrogens is 351 g/mol. The van der Waals surface area contributed by atoms with Gasteiger partial charge in [-0.2, -0.15) is 0 Å². The van der Waals surface area contributed by atoms with Crippen molar-refractivity contribution in [2.45, 2.75) is 68.0 Å². The molecule has 0 aromatic heterocycles. The van der Waals surface area contributed by atoms with Crippen molar-refractivity contribution in [3.05, 3.63) is 0 Å². The third-order valence-electron chi connectivity index (χ3n) is 3.54. The molecule has 0 atom stereocenters. The molecule has 7 heteroatoms. The SMILES string of the molecule is CC(C)(C)C1=NC(C(=O)O)(C(C)(C)C)N=C1C(C)(C)C.CO.Cl.Cl. The fourth-order valence-electron chi connectivity index (χ4n) is 2.25. The molecule has 0 saturated heterocycles. The Morgan fingerprint density at radius 3 is 1.17 bits per heavy atom. The molecule has 1 heterocycles. The predicted octanol–water partition coefficient (Wildman–Crippen LogP) is 4.25. The number of carboxylic acids is 1. The summed E-state index contributed by atoms with van der Waals surface area (Å²) in [5.74, 6) is -0.981. The fraction of sp³-hybridized carbons (Fsp3) is 0.824. The fourth-order valence-corrected chi connectivity index (χ4v) is 2.25. The van der Waals surface area contributed by atoms with E-state index in [2.05, 4.69) is 9.98 Å². The quantitative estimate of drug-likeness (QED) is 0.708. The first-order valence-corrected chi connectivity index (χ1v) is 7.52. The number of aliphatic imine (C=N–C) groups is 2. The number of aliphatic carboxylic acids is 1. The number of carboxylic acid groups (broad SMARTS) is 1. The van der Waals surface area contributed by atoms with Gasteiger partial charge in [-0.1, -0.05) is 62.3 Å². The highest BCUT2D eigenvalue weighted by atomic mass is 35.5. The lowest BCUT2D eigenvalue weighted by Crippen LogP contribution is -2.46. The number of rotatable bonds is 1. The first-order valence-electron chi connectivity index (χ1n) is 7.52. The van der Waals surface area contributed by atoms with Crippen molar-refractivity contribution in [1.29, 1.82) is 0 Å². The highest BCUT2D eigenvalue weighted by Crippen LogP contribution is 2.43. The van der Waals surface area contributed by atoms with Gasteiger partial charge in [-0.15, -0.1) is 24.8 Å². The molecule has 0 fully saturated rings. The van der Waals surface area contributed by atoms with E-state index in [4.69, 9.17) is 5.11 Å². The normalized spacial score (nSPS) is 16.6. The van der Waals surface area contributed by atoms with Crippen LogP contribution >= 0.6 is 24.8 Å². The first kappa shape index (κ1) is 28.2. The molecule has 0 unspecified atom stereocenters. The maximum Gasteiger partial charge on any atom is 0.354 e. The predicted molar refractivity (Wildman–Crippen MR) is 106 cm³/mol. The molecule has 2 N–H and O–H groups in total. The summed E-state index contributed by atoms with van der Waals surface area (Å²) in [7, 11) is 1.00. The van der Waals surface area contributed by atoms with E-state index in [9.17, 15) is 9.90 Å². The van der Waals surface area contributed by atoms with Crippen molar-refractivity contribution < 1.29 is 15.0 Å². The number of halogens is 2. The lowest BCUT2D eigenvalue weighted by Gasteiger charge is -2.32. The van der Waals surface area contributed by atoms with Crippen LogP contribution in [0.4, 0.5) is 0 Å². The van der Waals surface area contributed by atoms with Crippen LogP contribution in [0.15, 0.2) is 9.98 Å². The highest BCUT2D eigenvalue weighted by Gasteiger charge is 2.55. The van der Waals surface area contributed by atoms with Gasteiger partial charge in [0.05, 0.1) is 11.4 Å². The molecule has 0 saturated carbocycles. The van der Waals surface area contributed by atoms with Crippen LogP contribution in [0.5, 0.6) is 0 Å². The number of nitrogens with zero attached hydrogens (tertiary/aromatic N) is 2. The number of hydrogen-bond acceptors (Lipinski definition) is 4. The monoisotopic (exact) mass is 384 g/mol. The smallest absolute Gasteiger partial charge is 0.354 e. The number of hydrogen-bond donors (Lipinski definition) is 2. The zero-order valence-corrected chi connectivity index (χ0v) is 18.1. The third-order valence-corrected chi connectivity index (χ3v) is 3.54. The van der Waals surface area contributed by atoms with Crippen molar-refractivity contribution in [1.82, 2.24) is 0 Å². The molecule has 0 radical (unpaired) electrons. The summed E-state index contributed by atoms with van der Waals surface area (Å²) in [6.07, 6.45) is 0. The Balaban J connectivity index is -0.00000106. The maximum atomic E-state index is 11.9. The Morgan fingerprint density at radius 1 is 0.792 bits per heavy atom. The van der Waals surface area contributed by atoms with Crippen LogP contribution in [0, 0.1) is 16.2 Å². The van der Waals surface area contributed by atoms with Gasteiger partial charge in [0.2, 0.25) is 0 Å². The molecule has 0 aromatic rings. The number of carbonyl (C=O) groups is 1. The van der Waals surface area contributed by atoms with Gasteiger partial charge in [0.1, 0.15) is 0 Å². The van der Waals surface area contributed by atoms with Crippen molar-refractivity contribution in [2.24, 2.45) is 26.2 Å². The number of aliphatic hydroxyl groups excluding tert-OH is 1. The molecule has 0 aliphatic carbocycles. The molecule has 0 amide bonds. The van der Waals surface area contributed by atoms with Gasteiger partial charge in [-0.25, -0.2) is 14.8 Å². The summed E-state index contributed by atoms with van der Waals surface area (Å²) < 4.78 is 0.